The van der Waals surface area contributed by atoms with Crippen LogP contribution >= 0.6 is 11.8 Å². The van der Waals surface area contributed by atoms with Gasteiger partial charge in [0.25, 0.3) is 0 Å². The third-order valence-corrected chi connectivity index (χ3v) is 4.44. The van der Waals surface area contributed by atoms with Gasteiger partial charge in [0.2, 0.25) is 0 Å². The first-order valence-corrected chi connectivity index (χ1v) is 7.72. The fourth-order valence-electron chi connectivity index (χ4n) is 2.10. The summed E-state index contributed by atoms with van der Waals surface area (Å²) in [6.45, 7) is 2.01. The minimum Gasteiger partial charge on any atom is -0.469 e. The van der Waals surface area contributed by atoms with E-state index >= 15 is 0 Å². The van der Waals surface area contributed by atoms with E-state index in [9.17, 15) is 4.79 Å². The number of carbonyl (C=O) groups excluding carboxylic acids is 1. The van der Waals surface area contributed by atoms with Crippen molar-refractivity contribution in [2.45, 2.75) is 17.7 Å². The Labute approximate surface area is 129 Å². The Balaban J connectivity index is 2.15. The Kier molecular flexibility index (Phi) is 5.28. The van der Waals surface area contributed by atoms with Crippen LogP contribution in [0.4, 0.5) is 5.69 Å². The number of carbonyl (C=O) groups is 1. The average molecular weight is 301 g/mol. The zero-order chi connectivity index (χ0) is 15.2. The molecule has 110 valence electrons. The number of rotatable bonds is 5. The Bertz CT molecular complexity index is 613. The minimum atomic E-state index is -0.290. The van der Waals surface area contributed by atoms with Crippen LogP contribution in [-0.4, -0.2) is 18.8 Å². The summed E-state index contributed by atoms with van der Waals surface area (Å²) in [6, 6.07) is 15.6. The van der Waals surface area contributed by atoms with E-state index in [0.717, 1.165) is 21.7 Å². The number of esters is 1. The first-order chi connectivity index (χ1) is 10.1. The maximum absolute atomic E-state index is 12.0. The lowest BCUT2D eigenvalue weighted by Gasteiger charge is -2.15. The van der Waals surface area contributed by atoms with Crippen molar-refractivity contribution in [3.8, 4) is 0 Å². The summed E-state index contributed by atoms with van der Waals surface area (Å²) in [5.41, 5.74) is 8.85. The van der Waals surface area contributed by atoms with Crippen molar-refractivity contribution in [1.82, 2.24) is 0 Å². The van der Waals surface area contributed by atoms with Crippen LogP contribution in [0.15, 0.2) is 53.4 Å². The van der Waals surface area contributed by atoms with Crippen LogP contribution in [-0.2, 0) is 9.53 Å². The maximum atomic E-state index is 12.0. The molecule has 2 N–H and O–H groups in total. The van der Waals surface area contributed by atoms with Crippen molar-refractivity contribution < 1.29 is 9.53 Å². The highest BCUT2D eigenvalue weighted by molar-refractivity contribution is 7.99. The summed E-state index contributed by atoms with van der Waals surface area (Å²) in [5.74, 6) is 0.0884. The summed E-state index contributed by atoms with van der Waals surface area (Å²) >= 11 is 1.58. The molecule has 1 unspecified atom stereocenters. The highest BCUT2D eigenvalue weighted by atomic mass is 32.2. The molecule has 0 aliphatic rings. The molecule has 0 fully saturated rings. The number of thioether (sulfide) groups is 1. The molecular weight excluding hydrogens is 282 g/mol. The van der Waals surface area contributed by atoms with Gasteiger partial charge in [0.1, 0.15) is 0 Å². The third kappa shape index (κ3) is 4.02. The average Bonchev–Trinajstić information content (AvgIpc) is 2.50. The van der Waals surface area contributed by atoms with Gasteiger partial charge in [0.05, 0.1) is 13.0 Å². The Morgan fingerprint density at radius 2 is 1.95 bits per heavy atom. The van der Waals surface area contributed by atoms with Gasteiger partial charge in [-0.3, -0.25) is 4.79 Å². The van der Waals surface area contributed by atoms with E-state index in [-0.39, 0.29) is 11.9 Å². The highest BCUT2D eigenvalue weighted by Gasteiger charge is 2.21. The number of anilines is 1. The largest absolute Gasteiger partial charge is 0.469 e. The van der Waals surface area contributed by atoms with Crippen LogP contribution in [0.1, 0.15) is 17.0 Å². The number of hydrogen-bond acceptors (Lipinski definition) is 4. The summed E-state index contributed by atoms with van der Waals surface area (Å²) < 4.78 is 4.92. The first-order valence-electron chi connectivity index (χ1n) is 6.73. The lowest BCUT2D eigenvalue weighted by atomic mass is 10.0. The van der Waals surface area contributed by atoms with Crippen LogP contribution in [0.25, 0.3) is 0 Å². The van der Waals surface area contributed by atoms with Crippen LogP contribution in [0.3, 0.4) is 0 Å². The maximum Gasteiger partial charge on any atom is 0.313 e. The predicted octanol–water partition coefficient (Wildman–Crippen LogP) is 3.63. The molecule has 4 heteroatoms. The molecule has 21 heavy (non-hydrogen) atoms. The standard InChI is InChI=1S/C17H19NO2S/c1-12-8-9-16(15(18)10-12)21-11-14(17(19)20-2)13-6-4-3-5-7-13/h3-10,14H,11,18H2,1-2H3. The summed E-state index contributed by atoms with van der Waals surface area (Å²) in [7, 11) is 1.42. The number of ether oxygens (including phenoxy) is 1. The zero-order valence-corrected chi connectivity index (χ0v) is 13.0. The van der Waals surface area contributed by atoms with Gasteiger partial charge in [-0.1, -0.05) is 36.4 Å². The van der Waals surface area contributed by atoms with Gasteiger partial charge in [-0.25, -0.2) is 0 Å². The molecule has 0 aromatic heterocycles. The van der Waals surface area contributed by atoms with Crippen molar-refractivity contribution in [2.24, 2.45) is 0 Å². The number of nitrogens with two attached hydrogens (primary N) is 1. The number of nitrogen functional groups attached to an aromatic ring is 1. The smallest absolute Gasteiger partial charge is 0.313 e. The number of hydrogen-bond donors (Lipinski definition) is 1. The van der Waals surface area contributed by atoms with E-state index in [1.807, 2.05) is 55.5 Å². The number of aryl methyl sites for hydroxylation is 1. The Hall–Kier alpha value is -1.94. The molecule has 2 aromatic rings. The molecule has 0 radical (unpaired) electrons. The van der Waals surface area contributed by atoms with E-state index in [1.165, 1.54) is 7.11 Å². The molecule has 0 aliphatic heterocycles. The fourth-order valence-corrected chi connectivity index (χ4v) is 3.17. The van der Waals surface area contributed by atoms with Gasteiger partial charge in [-0.2, -0.15) is 0 Å². The number of methoxy groups -OCH3 is 1. The molecule has 0 saturated carbocycles. The van der Waals surface area contributed by atoms with Crippen molar-refractivity contribution in [3.05, 3.63) is 59.7 Å². The van der Waals surface area contributed by atoms with Crippen LogP contribution < -0.4 is 5.73 Å². The molecule has 0 amide bonds. The molecule has 1 atom stereocenters. The van der Waals surface area contributed by atoms with Crippen molar-refractivity contribution >= 4 is 23.4 Å². The van der Waals surface area contributed by atoms with E-state index in [1.54, 1.807) is 11.8 Å². The van der Waals surface area contributed by atoms with E-state index in [4.69, 9.17) is 10.5 Å². The normalized spacial score (nSPS) is 11.9. The quantitative estimate of drug-likeness (QED) is 0.520. The summed E-state index contributed by atoms with van der Waals surface area (Å²) in [4.78, 5) is 13.0. The Morgan fingerprint density at radius 3 is 2.57 bits per heavy atom. The van der Waals surface area contributed by atoms with Gasteiger partial charge in [0, 0.05) is 16.3 Å². The predicted molar refractivity (Wildman–Crippen MR) is 87.5 cm³/mol. The second kappa shape index (κ2) is 7.18. The lowest BCUT2D eigenvalue weighted by Crippen LogP contribution is -2.16. The molecule has 0 bridgehead atoms. The highest BCUT2D eigenvalue weighted by Crippen LogP contribution is 2.31. The van der Waals surface area contributed by atoms with Gasteiger partial charge in [0.15, 0.2) is 0 Å². The van der Waals surface area contributed by atoms with Crippen molar-refractivity contribution in [2.75, 3.05) is 18.6 Å². The fraction of sp³-hybridized carbons (Fsp3) is 0.235. The lowest BCUT2D eigenvalue weighted by molar-refractivity contribution is -0.141. The van der Waals surface area contributed by atoms with Crippen LogP contribution in [0.5, 0.6) is 0 Å². The monoisotopic (exact) mass is 301 g/mol. The van der Waals surface area contributed by atoms with Gasteiger partial charge < -0.3 is 10.5 Å². The van der Waals surface area contributed by atoms with E-state index in [2.05, 4.69) is 0 Å². The molecule has 0 heterocycles. The summed E-state index contributed by atoms with van der Waals surface area (Å²) in [5, 5.41) is 0. The first kappa shape index (κ1) is 15.4. The Morgan fingerprint density at radius 1 is 1.24 bits per heavy atom. The van der Waals surface area contributed by atoms with Gasteiger partial charge in [-0.05, 0) is 30.2 Å². The molecule has 3 nitrogen and oxygen atoms in total. The second-order valence-electron chi connectivity index (χ2n) is 4.84. The molecular formula is C17H19NO2S. The minimum absolute atomic E-state index is 0.223. The molecule has 2 rings (SSSR count). The van der Waals surface area contributed by atoms with E-state index < -0.39 is 0 Å². The molecule has 0 saturated heterocycles. The zero-order valence-electron chi connectivity index (χ0n) is 12.2. The SMILES string of the molecule is COC(=O)C(CSc1ccc(C)cc1N)c1ccccc1. The third-order valence-electron chi connectivity index (χ3n) is 3.26. The molecule has 0 aliphatic carbocycles. The van der Waals surface area contributed by atoms with Gasteiger partial charge in [-0.15, -0.1) is 11.8 Å². The van der Waals surface area contributed by atoms with Gasteiger partial charge >= 0.3 is 5.97 Å². The second-order valence-corrected chi connectivity index (χ2v) is 5.90. The van der Waals surface area contributed by atoms with Crippen molar-refractivity contribution in [3.63, 3.8) is 0 Å². The molecule has 2 aromatic carbocycles. The van der Waals surface area contributed by atoms with Crippen LogP contribution in [0, 0.1) is 6.92 Å². The molecule has 0 spiro atoms. The van der Waals surface area contributed by atoms with Crippen LogP contribution in [0.2, 0.25) is 0 Å². The number of benzene rings is 2. The summed E-state index contributed by atoms with van der Waals surface area (Å²) in [6.07, 6.45) is 0. The van der Waals surface area contributed by atoms with Crippen molar-refractivity contribution in [1.29, 1.82) is 0 Å². The topological polar surface area (TPSA) is 52.3 Å². The van der Waals surface area contributed by atoms with E-state index in [0.29, 0.717) is 5.75 Å².